The minimum absolute atomic E-state index is 0.361. The molecule has 2 aromatic rings. The first-order valence-corrected chi connectivity index (χ1v) is 7.44. The number of aromatic nitrogens is 2. The normalized spacial score (nSPS) is 12.2. The minimum atomic E-state index is -1.14. The minimum Gasteiger partial charge on any atom is -0.373 e. The van der Waals surface area contributed by atoms with E-state index in [0.29, 0.717) is 16.6 Å². The molecular formula is C13H14ClN3OS. The summed E-state index contributed by atoms with van der Waals surface area (Å²) in [5.41, 5.74) is 0.755. The number of benzene rings is 1. The zero-order valence-corrected chi connectivity index (χ0v) is 12.3. The molecule has 0 aliphatic rings. The highest BCUT2D eigenvalue weighted by Crippen LogP contribution is 2.16. The summed E-state index contributed by atoms with van der Waals surface area (Å²) in [5, 5.41) is 3.60. The van der Waals surface area contributed by atoms with Gasteiger partial charge in [-0.25, -0.2) is 9.97 Å². The number of nitrogens with zero attached hydrogens (tertiary/aromatic N) is 2. The molecule has 0 aliphatic carbocycles. The van der Waals surface area contributed by atoms with Gasteiger partial charge < -0.3 is 5.32 Å². The lowest BCUT2D eigenvalue weighted by molar-refractivity contribution is 0.682. The average Bonchev–Trinajstić information content (AvgIpc) is 2.38. The zero-order valence-electron chi connectivity index (χ0n) is 10.7. The van der Waals surface area contributed by atoms with Crippen LogP contribution in [0.25, 0.3) is 0 Å². The van der Waals surface area contributed by atoms with E-state index < -0.39 is 10.8 Å². The molecule has 19 heavy (non-hydrogen) atoms. The molecule has 0 unspecified atom stereocenters. The van der Waals surface area contributed by atoms with Crippen molar-refractivity contribution < 1.29 is 4.21 Å². The first-order valence-electron chi connectivity index (χ1n) is 5.75. The lowest BCUT2D eigenvalue weighted by Crippen LogP contribution is -2.04. The highest BCUT2D eigenvalue weighted by atomic mass is 35.5. The molecule has 6 heteroatoms. The summed E-state index contributed by atoms with van der Waals surface area (Å²) in [6.07, 6.45) is 0. The van der Waals surface area contributed by atoms with Gasteiger partial charge in [0, 0.05) is 23.0 Å². The quantitative estimate of drug-likeness (QED) is 0.942. The highest BCUT2D eigenvalue weighted by molar-refractivity contribution is 7.84. The Morgan fingerprint density at radius 3 is 2.58 bits per heavy atom. The lowest BCUT2D eigenvalue weighted by Gasteiger charge is -2.06. The van der Waals surface area contributed by atoms with Crippen molar-refractivity contribution in [2.24, 2.45) is 0 Å². The maximum Gasteiger partial charge on any atom is 0.129 e. The van der Waals surface area contributed by atoms with E-state index in [0.717, 1.165) is 16.4 Å². The Kier molecular flexibility index (Phi) is 4.50. The SMILES string of the molecule is CNc1cc(C[S@](=O)c2ccc(Cl)cc2)nc(C)n1. The zero-order chi connectivity index (χ0) is 13.8. The first-order chi connectivity index (χ1) is 9.08. The van der Waals surface area contributed by atoms with Gasteiger partial charge >= 0.3 is 0 Å². The van der Waals surface area contributed by atoms with Crippen molar-refractivity contribution in [2.75, 3.05) is 12.4 Å². The van der Waals surface area contributed by atoms with Gasteiger partial charge in [-0.1, -0.05) is 11.6 Å². The summed E-state index contributed by atoms with van der Waals surface area (Å²) in [5.74, 6) is 1.75. The number of hydrogen-bond acceptors (Lipinski definition) is 4. The molecule has 1 aromatic heterocycles. The third-order valence-electron chi connectivity index (χ3n) is 2.50. The number of aryl methyl sites for hydroxylation is 1. The van der Waals surface area contributed by atoms with E-state index >= 15 is 0 Å². The molecule has 1 heterocycles. The molecule has 2 rings (SSSR count). The molecule has 0 radical (unpaired) electrons. The van der Waals surface area contributed by atoms with Gasteiger partial charge in [-0.3, -0.25) is 4.21 Å². The van der Waals surface area contributed by atoms with Crippen LogP contribution in [0.4, 0.5) is 5.82 Å². The molecular weight excluding hydrogens is 282 g/mol. The molecule has 4 nitrogen and oxygen atoms in total. The van der Waals surface area contributed by atoms with E-state index in [1.54, 1.807) is 37.4 Å². The van der Waals surface area contributed by atoms with Crippen LogP contribution < -0.4 is 5.32 Å². The number of nitrogens with one attached hydrogen (secondary N) is 1. The van der Waals surface area contributed by atoms with Crippen LogP contribution in [-0.2, 0) is 16.6 Å². The monoisotopic (exact) mass is 295 g/mol. The maximum absolute atomic E-state index is 12.2. The molecule has 1 aromatic carbocycles. The third-order valence-corrected chi connectivity index (χ3v) is 4.11. The summed E-state index contributed by atoms with van der Waals surface area (Å²) < 4.78 is 12.2. The molecule has 0 spiro atoms. The van der Waals surface area contributed by atoms with E-state index in [9.17, 15) is 4.21 Å². The van der Waals surface area contributed by atoms with E-state index in [1.807, 2.05) is 6.92 Å². The summed E-state index contributed by atoms with van der Waals surface area (Å²) in [7, 11) is 0.655. The average molecular weight is 296 g/mol. The standard InChI is InChI=1S/C13H14ClN3OS/c1-9-16-11(7-13(15-2)17-9)8-19(18)12-5-3-10(14)4-6-12/h3-7H,8H2,1-2H3,(H,15,16,17)/t19-/m0/s1. The van der Waals surface area contributed by atoms with Crippen molar-refractivity contribution in [3.05, 3.63) is 46.9 Å². The van der Waals surface area contributed by atoms with Crippen LogP contribution in [0.5, 0.6) is 0 Å². The summed E-state index contributed by atoms with van der Waals surface area (Å²) in [6, 6.07) is 8.82. The van der Waals surface area contributed by atoms with Crippen LogP contribution in [-0.4, -0.2) is 21.2 Å². The second-order valence-electron chi connectivity index (χ2n) is 3.99. The summed E-state index contributed by atoms with van der Waals surface area (Å²) in [6.45, 7) is 1.82. The van der Waals surface area contributed by atoms with Gasteiger partial charge in [-0.2, -0.15) is 0 Å². The van der Waals surface area contributed by atoms with Crippen molar-refractivity contribution in [1.82, 2.24) is 9.97 Å². The summed E-state index contributed by atoms with van der Waals surface area (Å²) >= 11 is 5.81. The molecule has 0 aliphatic heterocycles. The van der Waals surface area contributed by atoms with E-state index in [4.69, 9.17) is 11.6 Å². The molecule has 100 valence electrons. The first kappa shape index (κ1) is 14.0. The summed E-state index contributed by atoms with van der Waals surface area (Å²) in [4.78, 5) is 9.24. The number of rotatable bonds is 4. The van der Waals surface area contributed by atoms with Crippen molar-refractivity contribution >= 4 is 28.2 Å². The molecule has 1 atom stereocenters. The number of hydrogen-bond donors (Lipinski definition) is 1. The van der Waals surface area contributed by atoms with Crippen LogP contribution in [0, 0.1) is 6.92 Å². The second kappa shape index (κ2) is 6.12. The Hall–Kier alpha value is -1.46. The van der Waals surface area contributed by atoms with Crippen molar-refractivity contribution in [3.8, 4) is 0 Å². The van der Waals surface area contributed by atoms with Crippen LogP contribution in [0.1, 0.15) is 11.5 Å². The third kappa shape index (κ3) is 3.75. The van der Waals surface area contributed by atoms with Crippen LogP contribution >= 0.6 is 11.6 Å². The topological polar surface area (TPSA) is 54.9 Å². The predicted octanol–water partition coefficient (Wildman–Crippen LogP) is 2.79. The second-order valence-corrected chi connectivity index (χ2v) is 5.87. The van der Waals surface area contributed by atoms with Crippen LogP contribution in [0.2, 0.25) is 5.02 Å². The van der Waals surface area contributed by atoms with Crippen molar-refractivity contribution in [2.45, 2.75) is 17.6 Å². The van der Waals surface area contributed by atoms with E-state index in [-0.39, 0.29) is 0 Å². The van der Waals surface area contributed by atoms with Gasteiger partial charge in [0.15, 0.2) is 0 Å². The van der Waals surface area contributed by atoms with Crippen LogP contribution in [0.15, 0.2) is 35.2 Å². The van der Waals surface area contributed by atoms with Gasteiger partial charge in [-0.05, 0) is 31.2 Å². The lowest BCUT2D eigenvalue weighted by atomic mass is 10.4. The smallest absolute Gasteiger partial charge is 0.129 e. The Morgan fingerprint density at radius 2 is 1.95 bits per heavy atom. The van der Waals surface area contributed by atoms with E-state index in [1.165, 1.54) is 0 Å². The molecule has 0 amide bonds. The largest absolute Gasteiger partial charge is 0.373 e. The molecule has 0 saturated heterocycles. The van der Waals surface area contributed by atoms with Gasteiger partial charge in [0.1, 0.15) is 11.6 Å². The van der Waals surface area contributed by atoms with E-state index in [2.05, 4.69) is 15.3 Å². The van der Waals surface area contributed by atoms with Gasteiger partial charge in [-0.15, -0.1) is 0 Å². The fourth-order valence-corrected chi connectivity index (χ4v) is 2.78. The number of halogens is 1. The molecule has 0 bridgehead atoms. The predicted molar refractivity (Wildman–Crippen MR) is 77.9 cm³/mol. The Bertz CT molecular complexity index is 601. The van der Waals surface area contributed by atoms with Crippen molar-refractivity contribution in [3.63, 3.8) is 0 Å². The van der Waals surface area contributed by atoms with Gasteiger partial charge in [0.05, 0.1) is 22.2 Å². The molecule has 0 saturated carbocycles. The Morgan fingerprint density at radius 1 is 1.26 bits per heavy atom. The fourth-order valence-electron chi connectivity index (χ4n) is 1.64. The fraction of sp³-hybridized carbons (Fsp3) is 0.231. The molecule has 1 N–H and O–H groups in total. The van der Waals surface area contributed by atoms with Crippen LogP contribution in [0.3, 0.4) is 0 Å². The molecule has 0 fully saturated rings. The Labute approximate surface area is 119 Å². The van der Waals surface area contributed by atoms with Crippen molar-refractivity contribution in [1.29, 1.82) is 0 Å². The Balaban J connectivity index is 2.18. The van der Waals surface area contributed by atoms with Gasteiger partial charge in [0.25, 0.3) is 0 Å². The number of anilines is 1. The van der Waals surface area contributed by atoms with Gasteiger partial charge in [0.2, 0.25) is 0 Å². The maximum atomic E-state index is 12.2. The highest BCUT2D eigenvalue weighted by Gasteiger charge is 2.08.